The number of benzene rings is 18. The van der Waals surface area contributed by atoms with Gasteiger partial charge in [0.15, 0.2) is 34.5 Å². The summed E-state index contributed by atoms with van der Waals surface area (Å²) in [6.07, 6.45) is 0. The van der Waals surface area contributed by atoms with Crippen LogP contribution in [0.4, 0.5) is 17.1 Å². The predicted molar refractivity (Wildman–Crippen MR) is 579 cm³/mol. The van der Waals surface area contributed by atoms with Crippen molar-refractivity contribution in [2.24, 2.45) is 0 Å². The van der Waals surface area contributed by atoms with E-state index in [0.29, 0.717) is 34.5 Å². The Labute approximate surface area is 823 Å². The van der Waals surface area contributed by atoms with Gasteiger partial charge in [0, 0.05) is 66.3 Å². The fourth-order valence-corrected chi connectivity index (χ4v) is 20.4. The van der Waals surface area contributed by atoms with Gasteiger partial charge < -0.3 is 0 Å². The van der Waals surface area contributed by atoms with Crippen molar-refractivity contribution in [3.63, 3.8) is 0 Å². The SMILES string of the molecule is [C-]#[N+]c1ccc2c(c1)-c1c(-c3cccc(-c4cc(-c5ccc(-c6ccccc6)cc5)nc(-c5ccccc5)n4)c3)cccc1C2(C)C.[C-]#[N+]c1ccc2c(c1)-c1cc(-c3cccc(-c4cc(-c5ccccc5)nc(-c5ccccc5)n4)c3)ccc1C2(C)C.[C-]#[N+]c1ccc2c(c1)-c1cc(-c3cccc(-c4nc(-c5ccccc5)cc(-c5ccc(-c6ccc(-c7ccccc7)cc6)cc5)n4)c3)ccc1C2(C)C. The first-order chi connectivity index (χ1) is 68.9. The average molecular weight is 1810 g/mol. The number of nitrogens with zero attached hydrogens (tertiary/aromatic N) is 9. The maximum Gasteiger partial charge on any atom is 0.187 e. The van der Waals surface area contributed by atoms with Gasteiger partial charge in [-0.3, -0.25) is 0 Å². The van der Waals surface area contributed by atoms with E-state index >= 15 is 0 Å². The summed E-state index contributed by atoms with van der Waals surface area (Å²) >= 11 is 0. The van der Waals surface area contributed by atoms with Gasteiger partial charge in [0.1, 0.15) is 0 Å². The highest BCUT2D eigenvalue weighted by Crippen LogP contribution is 2.56. The first-order valence-electron chi connectivity index (χ1n) is 47.6. The summed E-state index contributed by atoms with van der Waals surface area (Å²) in [5, 5.41) is 0. The first kappa shape index (κ1) is 88.0. The number of hydrogen-bond donors (Lipinski definition) is 0. The minimum Gasteiger partial charge on any atom is -0.238 e. The van der Waals surface area contributed by atoms with Crippen molar-refractivity contribution < 1.29 is 0 Å². The van der Waals surface area contributed by atoms with Crippen LogP contribution in [0.15, 0.2) is 455 Å². The summed E-state index contributed by atoms with van der Waals surface area (Å²) in [5.41, 5.74) is 44.6. The zero-order valence-corrected chi connectivity index (χ0v) is 78.8. The van der Waals surface area contributed by atoms with E-state index in [2.05, 4.69) is 384 Å². The Morgan fingerprint density at radius 1 is 0.156 bits per heavy atom. The third kappa shape index (κ3) is 17.2. The maximum absolute atomic E-state index is 7.65. The van der Waals surface area contributed by atoms with Crippen LogP contribution in [0.25, 0.3) is 216 Å². The molecule has 0 saturated carbocycles. The van der Waals surface area contributed by atoms with Crippen LogP contribution in [0.3, 0.4) is 0 Å². The monoisotopic (exact) mass is 1800 g/mol. The van der Waals surface area contributed by atoms with Crippen LogP contribution in [0.5, 0.6) is 0 Å². The molecule has 0 N–H and O–H groups in total. The Morgan fingerprint density at radius 3 is 0.752 bits per heavy atom. The molecular weight excluding hydrogens is 1710 g/mol. The van der Waals surface area contributed by atoms with Crippen LogP contribution in [0.2, 0.25) is 0 Å². The lowest BCUT2D eigenvalue weighted by Gasteiger charge is -2.21. The number of fused-ring (bicyclic) bond motifs is 9. The fraction of sp³-hybridized carbons (Fsp3) is 0.0682. The predicted octanol–water partition coefficient (Wildman–Crippen LogP) is 35.0. The molecule has 24 rings (SSSR count). The second kappa shape index (κ2) is 37.1. The molecule has 0 fully saturated rings. The summed E-state index contributed by atoms with van der Waals surface area (Å²) in [6, 6.07) is 158. The van der Waals surface area contributed by atoms with Crippen molar-refractivity contribution in [3.05, 3.63) is 523 Å². The van der Waals surface area contributed by atoms with Crippen molar-refractivity contribution in [2.45, 2.75) is 57.8 Å². The normalized spacial score (nSPS) is 12.6. The average Bonchev–Trinajstić information content (AvgIpc) is 1.57. The zero-order valence-electron chi connectivity index (χ0n) is 78.8. The molecule has 18 aromatic carbocycles. The fourth-order valence-electron chi connectivity index (χ4n) is 20.4. The van der Waals surface area contributed by atoms with Crippen LogP contribution in [0, 0.1) is 19.7 Å². The molecule has 3 heterocycles. The smallest absolute Gasteiger partial charge is 0.187 e. The molecule has 0 atom stereocenters. The Kier molecular flexibility index (Phi) is 23.1. The van der Waals surface area contributed by atoms with E-state index < -0.39 is 0 Å². The van der Waals surface area contributed by atoms with Crippen LogP contribution < -0.4 is 0 Å². The van der Waals surface area contributed by atoms with Crippen LogP contribution in [-0.2, 0) is 16.2 Å². The van der Waals surface area contributed by atoms with Crippen LogP contribution in [0.1, 0.15) is 74.9 Å². The van der Waals surface area contributed by atoms with Gasteiger partial charge in [0.05, 0.1) is 53.9 Å². The van der Waals surface area contributed by atoms with Crippen LogP contribution >= 0.6 is 0 Å². The van der Waals surface area contributed by atoms with E-state index in [1.54, 1.807) is 0 Å². The van der Waals surface area contributed by atoms with Gasteiger partial charge >= 0.3 is 0 Å². The van der Waals surface area contributed by atoms with Crippen molar-refractivity contribution in [1.29, 1.82) is 0 Å². The van der Waals surface area contributed by atoms with E-state index in [1.165, 1.54) is 77.9 Å². The van der Waals surface area contributed by atoms with Gasteiger partial charge in [0.25, 0.3) is 0 Å². The second-order valence-electron chi connectivity index (χ2n) is 37.7. The molecule has 21 aromatic rings. The summed E-state index contributed by atoms with van der Waals surface area (Å²) in [5.74, 6) is 2.08. The first-order valence-corrected chi connectivity index (χ1v) is 47.6. The lowest BCUT2D eigenvalue weighted by Crippen LogP contribution is -2.14. The van der Waals surface area contributed by atoms with E-state index in [0.717, 1.165) is 140 Å². The van der Waals surface area contributed by atoms with E-state index in [-0.39, 0.29) is 16.2 Å². The molecule has 0 bridgehead atoms. The molecule has 0 saturated heterocycles. The van der Waals surface area contributed by atoms with Gasteiger partial charge in [-0.2, -0.15) is 0 Å². The van der Waals surface area contributed by atoms with E-state index in [1.807, 2.05) is 127 Å². The highest BCUT2D eigenvalue weighted by Gasteiger charge is 2.39. The van der Waals surface area contributed by atoms with Crippen molar-refractivity contribution in [1.82, 2.24) is 29.9 Å². The Balaban J connectivity index is 0.000000122. The largest absolute Gasteiger partial charge is 0.238 e. The number of rotatable bonds is 15. The molecule has 0 amide bonds. The van der Waals surface area contributed by atoms with Crippen molar-refractivity contribution >= 4 is 17.1 Å². The number of hydrogen-bond acceptors (Lipinski definition) is 6. The molecule has 0 spiro atoms. The molecule has 9 heteroatoms. The number of aromatic nitrogens is 6. The zero-order chi connectivity index (χ0) is 95.9. The van der Waals surface area contributed by atoms with Gasteiger partial charge in [-0.1, -0.05) is 430 Å². The third-order valence-corrected chi connectivity index (χ3v) is 28.0. The summed E-state index contributed by atoms with van der Waals surface area (Å²) in [6.45, 7) is 36.4. The quantitative estimate of drug-likeness (QED) is 0.0950. The maximum atomic E-state index is 7.65. The molecule has 9 nitrogen and oxygen atoms in total. The lowest BCUT2D eigenvalue weighted by atomic mass is 9.82. The molecule has 3 aliphatic carbocycles. The Hall–Kier alpha value is -18.3. The standard InChI is InChI=1S/C50H35N3.C44H31N3.C38H27N3/c1-50(2)45-27-25-40(30-43(45)44-31-42(51-3)26-28-46(44)50)39-15-10-16-41(29-39)49-52-47(37-13-8-5-9-14-37)32-48(53-49)38-23-21-36(22-24-38)35-19-17-34(18-20-35)33-11-6-4-7-12-33;1-44(2)38-25-24-35(45-3)27-37(38)42-36(18-11-19-39(42)44)33-16-10-17-34(26-33)41-28-40(46-43(47-41)32-14-8-5-9-15-32)31-22-20-30(21-23-31)29-12-6-4-7-13-29;1-38(2)33-19-17-28(22-31(33)32-23-30(39-3)18-20-34(32)38)27-15-10-16-29(21-27)36-24-35(25-11-6-4-7-12-25)40-37(41-36)26-13-8-5-9-14-26/h4-32H,1-2H3;4-28H,1-2H3;4-24H,1-2H3. The molecule has 0 radical (unpaired) electrons. The van der Waals surface area contributed by atoms with Gasteiger partial charge in [-0.25, -0.2) is 44.4 Å². The Bertz CT molecular complexity index is 8470. The van der Waals surface area contributed by atoms with Crippen molar-refractivity contribution in [2.75, 3.05) is 0 Å². The molecule has 3 aliphatic rings. The summed E-state index contributed by atoms with van der Waals surface area (Å²) in [7, 11) is 0. The highest BCUT2D eigenvalue weighted by molar-refractivity contribution is 5.96. The van der Waals surface area contributed by atoms with Gasteiger partial charge in [0.2, 0.25) is 0 Å². The third-order valence-electron chi connectivity index (χ3n) is 28.0. The summed E-state index contributed by atoms with van der Waals surface area (Å²) in [4.78, 5) is 41.6. The van der Waals surface area contributed by atoms with Gasteiger partial charge in [-0.05, 0) is 200 Å². The molecule has 0 unspecified atom stereocenters. The molecule has 3 aromatic heterocycles. The van der Waals surface area contributed by atoms with Gasteiger partial charge in [-0.15, -0.1) is 0 Å². The highest BCUT2D eigenvalue weighted by atomic mass is 14.9. The second-order valence-corrected chi connectivity index (χ2v) is 37.7. The molecule has 0 aliphatic heterocycles. The topological polar surface area (TPSA) is 90.4 Å². The van der Waals surface area contributed by atoms with Crippen LogP contribution in [-0.4, -0.2) is 29.9 Å². The Morgan fingerprint density at radius 2 is 0.383 bits per heavy atom. The minimum absolute atomic E-state index is 0.103. The minimum atomic E-state index is -0.152. The molecular formula is C132H93N9. The molecule has 666 valence electrons. The summed E-state index contributed by atoms with van der Waals surface area (Å²) < 4.78 is 0. The van der Waals surface area contributed by atoms with E-state index in [4.69, 9.17) is 49.6 Å². The lowest BCUT2D eigenvalue weighted by molar-refractivity contribution is 0.660. The molecule has 141 heavy (non-hydrogen) atoms. The van der Waals surface area contributed by atoms with Crippen molar-refractivity contribution in [3.8, 4) is 202 Å². The van der Waals surface area contributed by atoms with E-state index in [9.17, 15) is 0 Å².